The summed E-state index contributed by atoms with van der Waals surface area (Å²) in [5, 5.41) is 3.61. The molecule has 0 radical (unpaired) electrons. The highest BCUT2D eigenvalue weighted by Gasteiger charge is 2.26. The van der Waals surface area contributed by atoms with Crippen molar-refractivity contribution in [1.82, 2.24) is 9.88 Å². The number of piperidine rings is 1. The Labute approximate surface area is 139 Å². The van der Waals surface area contributed by atoms with E-state index in [1.807, 2.05) is 6.07 Å². The zero-order valence-electron chi connectivity index (χ0n) is 13.5. The third kappa shape index (κ3) is 3.52. The number of hydrogen-bond donors (Lipinski definition) is 1. The normalized spacial score (nSPS) is 15.8. The number of benzene rings is 1. The standard InChI is InChI=1S/C17H21N3O2S/c1-3-12-4-5-14-15(10-12)23-17(18-14)19-16(22)13-6-8-20(9-7-13)11(2)21/h4-5,10,13H,3,6-9H2,1-2H3,(H,18,19,22). The maximum Gasteiger partial charge on any atom is 0.229 e. The van der Waals surface area contributed by atoms with Crippen LogP contribution in [0.4, 0.5) is 5.13 Å². The second-order valence-corrected chi connectivity index (χ2v) is 6.97. The molecular formula is C17H21N3O2S. The van der Waals surface area contributed by atoms with Crippen LogP contribution in [0, 0.1) is 5.92 Å². The molecule has 0 atom stereocenters. The van der Waals surface area contributed by atoms with Crippen LogP contribution in [0.1, 0.15) is 32.3 Å². The van der Waals surface area contributed by atoms with Crippen molar-refractivity contribution < 1.29 is 9.59 Å². The van der Waals surface area contributed by atoms with Gasteiger partial charge in [-0.3, -0.25) is 9.59 Å². The van der Waals surface area contributed by atoms with Crippen LogP contribution in [0.5, 0.6) is 0 Å². The molecular weight excluding hydrogens is 310 g/mol. The summed E-state index contributed by atoms with van der Waals surface area (Å²) in [6.07, 6.45) is 2.43. The number of aromatic nitrogens is 1. The van der Waals surface area contributed by atoms with Gasteiger partial charge in [0, 0.05) is 25.9 Å². The lowest BCUT2D eigenvalue weighted by molar-refractivity contribution is -0.132. The molecule has 1 aliphatic rings. The second-order valence-electron chi connectivity index (χ2n) is 5.94. The maximum absolute atomic E-state index is 12.4. The molecule has 122 valence electrons. The van der Waals surface area contributed by atoms with Crippen molar-refractivity contribution in [1.29, 1.82) is 0 Å². The summed E-state index contributed by atoms with van der Waals surface area (Å²) in [6.45, 7) is 5.02. The van der Waals surface area contributed by atoms with E-state index in [0.717, 1.165) is 29.5 Å². The molecule has 1 saturated heterocycles. The molecule has 2 aromatic rings. The van der Waals surface area contributed by atoms with E-state index >= 15 is 0 Å². The van der Waals surface area contributed by atoms with Crippen molar-refractivity contribution in [2.75, 3.05) is 18.4 Å². The Bertz CT molecular complexity index is 733. The van der Waals surface area contributed by atoms with Gasteiger partial charge in [-0.15, -0.1) is 0 Å². The van der Waals surface area contributed by atoms with Crippen molar-refractivity contribution in [2.45, 2.75) is 33.1 Å². The molecule has 0 unspecified atom stereocenters. The monoisotopic (exact) mass is 331 g/mol. The van der Waals surface area contributed by atoms with Gasteiger partial charge in [-0.1, -0.05) is 24.3 Å². The molecule has 1 fully saturated rings. The predicted molar refractivity (Wildman–Crippen MR) is 92.6 cm³/mol. The van der Waals surface area contributed by atoms with E-state index in [-0.39, 0.29) is 17.7 Å². The van der Waals surface area contributed by atoms with Gasteiger partial charge in [-0.2, -0.15) is 0 Å². The number of carbonyl (C=O) groups is 2. The van der Waals surface area contributed by atoms with E-state index in [1.54, 1.807) is 11.8 Å². The Morgan fingerprint density at radius 1 is 1.35 bits per heavy atom. The van der Waals surface area contributed by atoms with Gasteiger partial charge >= 0.3 is 0 Å². The summed E-state index contributed by atoms with van der Waals surface area (Å²) < 4.78 is 1.10. The second kappa shape index (κ2) is 6.66. The molecule has 0 spiro atoms. The molecule has 1 N–H and O–H groups in total. The van der Waals surface area contributed by atoms with Crippen molar-refractivity contribution in [3.63, 3.8) is 0 Å². The van der Waals surface area contributed by atoms with E-state index in [9.17, 15) is 9.59 Å². The zero-order valence-corrected chi connectivity index (χ0v) is 14.3. The van der Waals surface area contributed by atoms with Crippen LogP contribution in [0.3, 0.4) is 0 Å². The highest BCUT2D eigenvalue weighted by atomic mass is 32.1. The smallest absolute Gasteiger partial charge is 0.229 e. The third-order valence-electron chi connectivity index (χ3n) is 4.40. The molecule has 6 heteroatoms. The fourth-order valence-corrected chi connectivity index (χ4v) is 3.84. The van der Waals surface area contributed by atoms with Gasteiger partial charge in [0.05, 0.1) is 10.2 Å². The third-order valence-corrected chi connectivity index (χ3v) is 5.34. The molecule has 3 rings (SSSR count). The number of anilines is 1. The Balaban J connectivity index is 1.65. The molecule has 1 aromatic carbocycles. The lowest BCUT2D eigenvalue weighted by Gasteiger charge is -2.30. The van der Waals surface area contributed by atoms with Gasteiger partial charge in [0.2, 0.25) is 11.8 Å². The minimum atomic E-state index is -0.0381. The Morgan fingerprint density at radius 2 is 2.09 bits per heavy atom. The largest absolute Gasteiger partial charge is 0.343 e. The number of fused-ring (bicyclic) bond motifs is 1. The van der Waals surface area contributed by atoms with Gasteiger partial charge in [-0.25, -0.2) is 4.98 Å². The lowest BCUT2D eigenvalue weighted by atomic mass is 9.96. The highest BCUT2D eigenvalue weighted by Crippen LogP contribution is 2.28. The molecule has 0 saturated carbocycles. The molecule has 1 aliphatic heterocycles. The van der Waals surface area contributed by atoms with Gasteiger partial charge < -0.3 is 10.2 Å². The Kier molecular flexibility index (Phi) is 4.61. The average molecular weight is 331 g/mol. The number of nitrogens with zero attached hydrogens (tertiary/aromatic N) is 2. The van der Waals surface area contributed by atoms with Crippen LogP contribution in [0.2, 0.25) is 0 Å². The van der Waals surface area contributed by atoms with E-state index in [4.69, 9.17) is 0 Å². The van der Waals surface area contributed by atoms with E-state index in [0.29, 0.717) is 18.2 Å². The lowest BCUT2D eigenvalue weighted by Crippen LogP contribution is -2.40. The first-order chi connectivity index (χ1) is 11.1. The topological polar surface area (TPSA) is 62.3 Å². The molecule has 2 heterocycles. The summed E-state index contributed by atoms with van der Waals surface area (Å²) in [7, 11) is 0. The minimum Gasteiger partial charge on any atom is -0.343 e. The number of likely N-dealkylation sites (tertiary alicyclic amines) is 1. The number of amides is 2. The zero-order chi connectivity index (χ0) is 16.4. The number of carbonyl (C=O) groups excluding carboxylic acids is 2. The quantitative estimate of drug-likeness (QED) is 0.940. The summed E-state index contributed by atoms with van der Waals surface area (Å²) in [5.74, 6) is 0.0635. The number of thiazole rings is 1. The molecule has 5 nitrogen and oxygen atoms in total. The highest BCUT2D eigenvalue weighted by molar-refractivity contribution is 7.22. The molecule has 0 bridgehead atoms. The minimum absolute atomic E-state index is 0.0166. The number of rotatable bonds is 3. The number of hydrogen-bond acceptors (Lipinski definition) is 4. The molecule has 2 amide bonds. The summed E-state index contributed by atoms with van der Waals surface area (Å²) in [4.78, 5) is 30.0. The fraction of sp³-hybridized carbons (Fsp3) is 0.471. The van der Waals surface area contributed by atoms with Crippen molar-refractivity contribution >= 4 is 38.5 Å². The maximum atomic E-state index is 12.4. The van der Waals surface area contributed by atoms with E-state index < -0.39 is 0 Å². The van der Waals surface area contributed by atoms with Gasteiger partial charge in [0.15, 0.2) is 5.13 Å². The van der Waals surface area contributed by atoms with E-state index in [2.05, 4.69) is 29.4 Å². The van der Waals surface area contributed by atoms with Crippen molar-refractivity contribution in [3.8, 4) is 0 Å². The number of nitrogens with one attached hydrogen (secondary N) is 1. The SMILES string of the molecule is CCc1ccc2nc(NC(=O)C3CCN(C(C)=O)CC3)sc2c1. The summed E-state index contributed by atoms with van der Waals surface area (Å²) in [5.41, 5.74) is 2.20. The Hall–Kier alpha value is -1.95. The molecule has 0 aliphatic carbocycles. The van der Waals surface area contributed by atoms with Crippen LogP contribution >= 0.6 is 11.3 Å². The van der Waals surface area contributed by atoms with Crippen molar-refractivity contribution in [3.05, 3.63) is 23.8 Å². The first kappa shape index (κ1) is 15.9. The fourth-order valence-electron chi connectivity index (χ4n) is 2.91. The van der Waals surface area contributed by atoms with Crippen LogP contribution in [-0.2, 0) is 16.0 Å². The van der Waals surface area contributed by atoms with Gasteiger partial charge in [0.25, 0.3) is 0 Å². The summed E-state index contributed by atoms with van der Waals surface area (Å²) >= 11 is 1.52. The van der Waals surface area contributed by atoms with E-state index in [1.165, 1.54) is 16.9 Å². The van der Waals surface area contributed by atoms with Crippen LogP contribution < -0.4 is 5.32 Å². The van der Waals surface area contributed by atoms with Crippen LogP contribution in [0.15, 0.2) is 18.2 Å². The van der Waals surface area contributed by atoms with Crippen molar-refractivity contribution in [2.24, 2.45) is 5.92 Å². The van der Waals surface area contributed by atoms with Gasteiger partial charge in [0.1, 0.15) is 0 Å². The first-order valence-corrected chi connectivity index (χ1v) is 8.84. The van der Waals surface area contributed by atoms with Crippen LogP contribution in [-0.4, -0.2) is 34.8 Å². The first-order valence-electron chi connectivity index (χ1n) is 8.02. The summed E-state index contributed by atoms with van der Waals surface area (Å²) in [6, 6.07) is 6.21. The van der Waals surface area contributed by atoms with Crippen LogP contribution in [0.25, 0.3) is 10.2 Å². The predicted octanol–water partition coefficient (Wildman–Crippen LogP) is 3.06. The average Bonchev–Trinajstić information content (AvgIpc) is 2.95. The number of aryl methyl sites for hydroxylation is 1. The Morgan fingerprint density at radius 3 is 2.74 bits per heavy atom. The molecule has 23 heavy (non-hydrogen) atoms. The van der Waals surface area contributed by atoms with Gasteiger partial charge in [-0.05, 0) is 37.0 Å². The molecule has 1 aromatic heterocycles.